The van der Waals surface area contributed by atoms with Crippen molar-refractivity contribution >= 4 is 20.7 Å². The molecule has 3 nitrogen and oxygen atoms in total. The number of aryl methyl sites for hydroxylation is 1. The van der Waals surface area contributed by atoms with Crippen LogP contribution in [0.3, 0.4) is 0 Å². The van der Waals surface area contributed by atoms with Crippen molar-refractivity contribution in [2.24, 2.45) is 7.05 Å². The average molecular weight is 303 g/mol. The monoisotopic (exact) mass is 303 g/mol. The molecule has 0 aliphatic rings. The Morgan fingerprint density at radius 2 is 1.71 bits per heavy atom. The van der Waals surface area contributed by atoms with Crippen molar-refractivity contribution in [3.63, 3.8) is 0 Å². The molecule has 0 saturated carbocycles. The number of hydrogen-bond acceptors (Lipinski definition) is 2. The summed E-state index contributed by atoms with van der Waals surface area (Å²) in [5.74, 6) is -0.511. The second kappa shape index (κ2) is 5.00. The van der Waals surface area contributed by atoms with E-state index in [9.17, 15) is 12.8 Å². The van der Waals surface area contributed by atoms with Crippen LogP contribution < -0.4 is 0 Å². The lowest BCUT2D eigenvalue weighted by Crippen LogP contribution is -2.04. The Labute approximate surface area is 122 Å². The molecule has 3 aromatic rings. The standard InChI is InChI=1S/C16H14FNO2S/c1-18-10-16(14-4-2-3-5-15(14)18)21(19,20)11-12-6-8-13(17)9-7-12/h2-10H,11H2,1H3. The predicted octanol–water partition coefficient (Wildman–Crippen LogP) is 3.29. The maximum absolute atomic E-state index is 12.9. The molecule has 0 unspecified atom stereocenters. The summed E-state index contributed by atoms with van der Waals surface area (Å²) in [7, 11) is -1.66. The lowest BCUT2D eigenvalue weighted by atomic mass is 10.2. The first-order chi connectivity index (χ1) is 9.97. The third kappa shape index (κ3) is 2.56. The second-order valence-electron chi connectivity index (χ2n) is 5.01. The first-order valence-electron chi connectivity index (χ1n) is 6.49. The molecule has 108 valence electrons. The number of sulfone groups is 1. The molecule has 2 aromatic carbocycles. The van der Waals surface area contributed by atoms with Gasteiger partial charge in [0.2, 0.25) is 0 Å². The fourth-order valence-corrected chi connectivity index (χ4v) is 4.04. The van der Waals surface area contributed by atoms with E-state index in [0.29, 0.717) is 15.8 Å². The minimum absolute atomic E-state index is 0.138. The summed E-state index contributed by atoms with van der Waals surface area (Å²) in [6.45, 7) is 0. The van der Waals surface area contributed by atoms with Gasteiger partial charge in [0, 0.05) is 24.1 Å². The summed E-state index contributed by atoms with van der Waals surface area (Å²) in [5, 5.41) is 0.710. The average Bonchev–Trinajstić information content (AvgIpc) is 2.80. The van der Waals surface area contributed by atoms with E-state index >= 15 is 0 Å². The van der Waals surface area contributed by atoms with Crippen molar-refractivity contribution in [3.05, 3.63) is 66.1 Å². The molecule has 0 N–H and O–H groups in total. The van der Waals surface area contributed by atoms with E-state index in [1.165, 1.54) is 24.3 Å². The molecule has 0 fully saturated rings. The molecule has 0 bridgehead atoms. The van der Waals surface area contributed by atoms with Gasteiger partial charge in [0.05, 0.1) is 10.6 Å². The predicted molar refractivity (Wildman–Crippen MR) is 80.2 cm³/mol. The topological polar surface area (TPSA) is 39.1 Å². The van der Waals surface area contributed by atoms with Crippen molar-refractivity contribution in [2.75, 3.05) is 0 Å². The normalized spacial score (nSPS) is 11.9. The van der Waals surface area contributed by atoms with Crippen LogP contribution in [0, 0.1) is 5.82 Å². The molecule has 0 aliphatic heterocycles. The van der Waals surface area contributed by atoms with Crippen molar-refractivity contribution in [1.29, 1.82) is 0 Å². The van der Waals surface area contributed by atoms with Gasteiger partial charge in [0.15, 0.2) is 9.84 Å². The lowest BCUT2D eigenvalue weighted by Gasteiger charge is -2.03. The summed E-state index contributed by atoms with van der Waals surface area (Å²) in [6.07, 6.45) is 1.63. The summed E-state index contributed by atoms with van der Waals surface area (Å²) in [5.41, 5.74) is 1.44. The summed E-state index contributed by atoms with van der Waals surface area (Å²) in [4.78, 5) is 0.310. The van der Waals surface area contributed by atoms with Gasteiger partial charge in [0.25, 0.3) is 0 Å². The number of hydrogen-bond donors (Lipinski definition) is 0. The summed E-state index contributed by atoms with van der Waals surface area (Å²) < 4.78 is 39.9. The Hall–Kier alpha value is -2.14. The smallest absolute Gasteiger partial charge is 0.184 e. The molecule has 0 aliphatic carbocycles. The van der Waals surface area contributed by atoms with Gasteiger partial charge in [-0.05, 0) is 23.8 Å². The van der Waals surface area contributed by atoms with Gasteiger partial charge in [-0.25, -0.2) is 12.8 Å². The van der Waals surface area contributed by atoms with E-state index in [1.54, 1.807) is 16.8 Å². The number of para-hydroxylation sites is 1. The van der Waals surface area contributed by atoms with Crippen LogP contribution in [0.4, 0.5) is 4.39 Å². The molecule has 1 heterocycles. The van der Waals surface area contributed by atoms with Crippen molar-refractivity contribution in [1.82, 2.24) is 4.57 Å². The minimum Gasteiger partial charge on any atom is -0.349 e. The van der Waals surface area contributed by atoms with Crippen LogP contribution in [0.1, 0.15) is 5.56 Å². The Morgan fingerprint density at radius 3 is 2.43 bits per heavy atom. The zero-order chi connectivity index (χ0) is 15.0. The first-order valence-corrected chi connectivity index (χ1v) is 8.14. The van der Waals surface area contributed by atoms with Crippen LogP contribution >= 0.6 is 0 Å². The van der Waals surface area contributed by atoms with Crippen LogP contribution in [-0.4, -0.2) is 13.0 Å². The van der Waals surface area contributed by atoms with Crippen LogP contribution in [0.2, 0.25) is 0 Å². The quantitative estimate of drug-likeness (QED) is 0.745. The Bertz CT molecular complexity index is 896. The number of aromatic nitrogens is 1. The highest BCUT2D eigenvalue weighted by atomic mass is 32.2. The van der Waals surface area contributed by atoms with Crippen LogP contribution in [0.15, 0.2) is 59.6 Å². The molecular weight excluding hydrogens is 289 g/mol. The molecular formula is C16H14FNO2S. The van der Waals surface area contributed by atoms with E-state index in [-0.39, 0.29) is 11.6 Å². The second-order valence-corrected chi connectivity index (χ2v) is 6.96. The molecule has 0 radical (unpaired) electrons. The van der Waals surface area contributed by atoms with Crippen LogP contribution in [0.25, 0.3) is 10.9 Å². The molecule has 0 amide bonds. The fraction of sp³-hybridized carbons (Fsp3) is 0.125. The van der Waals surface area contributed by atoms with Crippen LogP contribution in [0.5, 0.6) is 0 Å². The summed E-state index contributed by atoms with van der Waals surface area (Å²) >= 11 is 0. The zero-order valence-corrected chi connectivity index (χ0v) is 12.3. The molecule has 0 spiro atoms. The minimum atomic E-state index is -3.48. The highest BCUT2D eigenvalue weighted by molar-refractivity contribution is 7.90. The summed E-state index contributed by atoms with van der Waals surface area (Å²) in [6, 6.07) is 12.9. The van der Waals surface area contributed by atoms with E-state index in [4.69, 9.17) is 0 Å². The Kier molecular flexibility index (Phi) is 3.29. The molecule has 0 atom stereocenters. The zero-order valence-electron chi connectivity index (χ0n) is 11.5. The van der Waals surface area contributed by atoms with Gasteiger partial charge >= 0.3 is 0 Å². The first kappa shape index (κ1) is 13.8. The van der Waals surface area contributed by atoms with Gasteiger partial charge in [-0.3, -0.25) is 0 Å². The number of fused-ring (bicyclic) bond motifs is 1. The maximum Gasteiger partial charge on any atom is 0.184 e. The molecule has 3 rings (SSSR count). The highest BCUT2D eigenvalue weighted by Gasteiger charge is 2.20. The van der Waals surface area contributed by atoms with Gasteiger partial charge in [-0.2, -0.15) is 0 Å². The Morgan fingerprint density at radius 1 is 1.05 bits per heavy atom. The molecule has 21 heavy (non-hydrogen) atoms. The van der Waals surface area contributed by atoms with Crippen molar-refractivity contribution < 1.29 is 12.8 Å². The number of benzene rings is 2. The van der Waals surface area contributed by atoms with E-state index < -0.39 is 9.84 Å². The maximum atomic E-state index is 12.9. The Balaban J connectivity index is 2.06. The van der Waals surface area contributed by atoms with E-state index in [0.717, 1.165) is 5.52 Å². The van der Waals surface area contributed by atoms with Gasteiger partial charge < -0.3 is 4.57 Å². The van der Waals surface area contributed by atoms with Crippen molar-refractivity contribution in [2.45, 2.75) is 10.6 Å². The lowest BCUT2D eigenvalue weighted by molar-refractivity contribution is 0.595. The van der Waals surface area contributed by atoms with E-state index in [1.807, 2.05) is 25.2 Å². The SMILES string of the molecule is Cn1cc(S(=O)(=O)Cc2ccc(F)cc2)c2ccccc21. The number of nitrogens with zero attached hydrogens (tertiary/aromatic N) is 1. The molecule has 5 heteroatoms. The fourth-order valence-electron chi connectivity index (χ4n) is 2.43. The van der Waals surface area contributed by atoms with Gasteiger partial charge in [-0.15, -0.1) is 0 Å². The highest BCUT2D eigenvalue weighted by Crippen LogP contribution is 2.27. The molecule has 0 saturated heterocycles. The van der Waals surface area contributed by atoms with Crippen molar-refractivity contribution in [3.8, 4) is 0 Å². The number of rotatable bonds is 3. The van der Waals surface area contributed by atoms with Gasteiger partial charge in [0.1, 0.15) is 5.82 Å². The number of halogens is 1. The van der Waals surface area contributed by atoms with Crippen LogP contribution in [-0.2, 0) is 22.6 Å². The van der Waals surface area contributed by atoms with E-state index in [2.05, 4.69) is 0 Å². The molecule has 1 aromatic heterocycles. The third-order valence-electron chi connectivity index (χ3n) is 3.47. The largest absolute Gasteiger partial charge is 0.349 e. The third-order valence-corrected chi connectivity index (χ3v) is 5.17. The van der Waals surface area contributed by atoms with Gasteiger partial charge in [-0.1, -0.05) is 30.3 Å².